The van der Waals surface area contributed by atoms with Crippen LogP contribution >= 0.6 is 0 Å². The van der Waals surface area contributed by atoms with Crippen molar-refractivity contribution in [3.63, 3.8) is 0 Å². The molecule has 0 bridgehead atoms. The van der Waals surface area contributed by atoms with E-state index in [0.717, 1.165) is 6.20 Å². The second-order valence-corrected chi connectivity index (χ2v) is 3.10. The minimum atomic E-state index is -0.529. The number of ether oxygens (including phenoxy) is 1. The minimum Gasteiger partial charge on any atom is -0.370 e. The van der Waals surface area contributed by atoms with Crippen LogP contribution in [0.15, 0.2) is 18.3 Å². The Morgan fingerprint density at radius 1 is 1.59 bits per heavy atom. The second-order valence-electron chi connectivity index (χ2n) is 3.10. The van der Waals surface area contributed by atoms with Crippen LogP contribution < -0.4 is 11.1 Å². The number of rotatable bonds is 7. The number of pyridine rings is 1. The van der Waals surface area contributed by atoms with Crippen LogP contribution in [-0.2, 0) is 9.53 Å². The van der Waals surface area contributed by atoms with Gasteiger partial charge in [-0.15, -0.1) is 0 Å². The van der Waals surface area contributed by atoms with Crippen molar-refractivity contribution in [3.8, 4) is 0 Å². The van der Waals surface area contributed by atoms with Crippen LogP contribution in [0.2, 0.25) is 0 Å². The van der Waals surface area contributed by atoms with Gasteiger partial charge in [-0.25, -0.2) is 4.98 Å². The van der Waals surface area contributed by atoms with E-state index in [1.165, 1.54) is 12.1 Å². The summed E-state index contributed by atoms with van der Waals surface area (Å²) in [6, 6.07) is 2.84. The number of anilines is 1. The van der Waals surface area contributed by atoms with Gasteiger partial charge in [0.15, 0.2) is 0 Å². The number of carbonyl (C=O) groups excluding carboxylic acids is 1. The molecule has 0 aliphatic rings. The van der Waals surface area contributed by atoms with Gasteiger partial charge in [-0.1, -0.05) is 0 Å². The Balaban J connectivity index is 2.27. The van der Waals surface area contributed by atoms with Crippen molar-refractivity contribution in [3.05, 3.63) is 28.4 Å². The molecule has 8 nitrogen and oxygen atoms in total. The van der Waals surface area contributed by atoms with E-state index in [2.05, 4.69) is 10.3 Å². The number of nitrogens with two attached hydrogens (primary N) is 1. The van der Waals surface area contributed by atoms with Crippen molar-refractivity contribution in [1.29, 1.82) is 0 Å². The zero-order chi connectivity index (χ0) is 12.7. The lowest BCUT2D eigenvalue weighted by Gasteiger charge is -2.04. The van der Waals surface area contributed by atoms with E-state index in [4.69, 9.17) is 10.5 Å². The lowest BCUT2D eigenvalue weighted by atomic mass is 10.4. The maximum Gasteiger partial charge on any atom is 0.287 e. The lowest BCUT2D eigenvalue weighted by Crippen LogP contribution is -2.20. The number of primary amides is 1. The maximum atomic E-state index is 10.4. The standard InChI is InChI=1S/C9H12N4O4/c10-8(14)6-17-4-3-11-9-2-1-7(5-12-9)13(15)16/h1-2,5H,3-4,6H2,(H2,10,14)(H,11,12). The van der Waals surface area contributed by atoms with E-state index in [-0.39, 0.29) is 12.3 Å². The molecule has 0 fully saturated rings. The SMILES string of the molecule is NC(=O)COCCNc1ccc([N+](=O)[O-])cn1. The average Bonchev–Trinajstić information content (AvgIpc) is 2.29. The molecule has 1 aromatic heterocycles. The number of aromatic nitrogens is 1. The number of hydrogen-bond donors (Lipinski definition) is 2. The molecule has 0 radical (unpaired) electrons. The third kappa shape index (κ3) is 4.89. The van der Waals surface area contributed by atoms with Crippen LogP contribution in [0.25, 0.3) is 0 Å². The Morgan fingerprint density at radius 2 is 2.35 bits per heavy atom. The van der Waals surface area contributed by atoms with Crippen molar-refractivity contribution in [2.75, 3.05) is 25.1 Å². The molecule has 1 aromatic rings. The summed E-state index contributed by atoms with van der Waals surface area (Å²) >= 11 is 0. The summed E-state index contributed by atoms with van der Waals surface area (Å²) < 4.78 is 4.91. The van der Waals surface area contributed by atoms with Crippen LogP contribution in [0.4, 0.5) is 11.5 Å². The molecule has 1 heterocycles. The fraction of sp³-hybridized carbons (Fsp3) is 0.333. The molecule has 0 saturated carbocycles. The van der Waals surface area contributed by atoms with Crippen LogP contribution in [-0.4, -0.2) is 35.6 Å². The molecule has 8 heteroatoms. The van der Waals surface area contributed by atoms with Crippen LogP contribution in [0.5, 0.6) is 0 Å². The van der Waals surface area contributed by atoms with Crippen LogP contribution in [0.1, 0.15) is 0 Å². The van der Waals surface area contributed by atoms with Crippen molar-refractivity contribution in [1.82, 2.24) is 4.98 Å². The number of amides is 1. The molecule has 0 atom stereocenters. The van der Waals surface area contributed by atoms with Gasteiger partial charge in [0.1, 0.15) is 18.6 Å². The third-order valence-electron chi connectivity index (χ3n) is 1.76. The van der Waals surface area contributed by atoms with Crippen LogP contribution in [0, 0.1) is 10.1 Å². The van der Waals surface area contributed by atoms with Gasteiger partial charge in [-0.3, -0.25) is 14.9 Å². The molecular weight excluding hydrogens is 228 g/mol. The molecule has 17 heavy (non-hydrogen) atoms. The van der Waals surface area contributed by atoms with E-state index in [0.29, 0.717) is 19.0 Å². The van der Waals surface area contributed by atoms with Gasteiger partial charge in [0, 0.05) is 12.6 Å². The first-order chi connectivity index (χ1) is 8.09. The number of carbonyl (C=O) groups is 1. The van der Waals surface area contributed by atoms with Gasteiger partial charge in [-0.2, -0.15) is 0 Å². The highest BCUT2D eigenvalue weighted by atomic mass is 16.6. The van der Waals surface area contributed by atoms with E-state index in [9.17, 15) is 14.9 Å². The van der Waals surface area contributed by atoms with Gasteiger partial charge in [0.25, 0.3) is 5.69 Å². The molecule has 92 valence electrons. The zero-order valence-corrected chi connectivity index (χ0v) is 8.96. The Kier molecular flexibility index (Phi) is 4.82. The van der Waals surface area contributed by atoms with Gasteiger partial charge < -0.3 is 15.8 Å². The second kappa shape index (κ2) is 6.38. The molecule has 0 aliphatic heterocycles. The fourth-order valence-corrected chi connectivity index (χ4v) is 1.02. The smallest absolute Gasteiger partial charge is 0.287 e. The lowest BCUT2D eigenvalue weighted by molar-refractivity contribution is -0.385. The Bertz CT molecular complexity index is 392. The van der Waals surface area contributed by atoms with E-state index in [1.807, 2.05) is 0 Å². The molecule has 0 aliphatic carbocycles. The van der Waals surface area contributed by atoms with Crippen LogP contribution in [0.3, 0.4) is 0 Å². The number of hydrogen-bond acceptors (Lipinski definition) is 6. The van der Waals surface area contributed by atoms with Gasteiger partial charge in [0.05, 0.1) is 11.5 Å². The summed E-state index contributed by atoms with van der Waals surface area (Å²) in [5, 5.41) is 13.2. The molecule has 3 N–H and O–H groups in total. The monoisotopic (exact) mass is 240 g/mol. The summed E-state index contributed by atoms with van der Waals surface area (Å²) in [6.07, 6.45) is 1.16. The average molecular weight is 240 g/mol. The predicted molar refractivity (Wildman–Crippen MR) is 59.4 cm³/mol. The predicted octanol–water partition coefficient (Wildman–Crippen LogP) is -0.0964. The van der Waals surface area contributed by atoms with Crippen molar-refractivity contribution in [2.45, 2.75) is 0 Å². The minimum absolute atomic E-state index is 0.0690. The number of nitrogens with zero attached hydrogens (tertiary/aromatic N) is 2. The highest BCUT2D eigenvalue weighted by Gasteiger charge is 2.04. The van der Waals surface area contributed by atoms with E-state index >= 15 is 0 Å². The summed E-state index contributed by atoms with van der Waals surface area (Å²) in [4.78, 5) is 24.0. The van der Waals surface area contributed by atoms with Gasteiger partial charge in [-0.05, 0) is 6.07 Å². The van der Waals surface area contributed by atoms with Crippen molar-refractivity contribution in [2.24, 2.45) is 5.73 Å². The Morgan fingerprint density at radius 3 is 2.88 bits per heavy atom. The molecule has 0 aromatic carbocycles. The van der Waals surface area contributed by atoms with Gasteiger partial charge in [0.2, 0.25) is 5.91 Å². The first kappa shape index (κ1) is 12.8. The molecule has 0 spiro atoms. The Labute approximate surface area is 96.9 Å². The fourth-order valence-electron chi connectivity index (χ4n) is 1.02. The van der Waals surface area contributed by atoms with Crippen molar-refractivity contribution >= 4 is 17.4 Å². The van der Waals surface area contributed by atoms with E-state index in [1.54, 1.807) is 0 Å². The zero-order valence-electron chi connectivity index (χ0n) is 8.96. The van der Waals surface area contributed by atoms with E-state index < -0.39 is 10.8 Å². The largest absolute Gasteiger partial charge is 0.370 e. The molecule has 1 amide bonds. The summed E-state index contributed by atoms with van der Waals surface area (Å²) in [7, 11) is 0. The highest BCUT2D eigenvalue weighted by Crippen LogP contribution is 2.11. The van der Waals surface area contributed by atoms with Gasteiger partial charge >= 0.3 is 0 Å². The molecule has 1 rings (SSSR count). The Hall–Kier alpha value is -2.22. The molecule has 0 saturated heterocycles. The first-order valence-electron chi connectivity index (χ1n) is 4.80. The highest BCUT2D eigenvalue weighted by molar-refractivity contribution is 5.74. The normalized spacial score (nSPS) is 9.88. The third-order valence-corrected chi connectivity index (χ3v) is 1.76. The van der Waals surface area contributed by atoms with Crippen molar-refractivity contribution < 1.29 is 14.5 Å². The quantitative estimate of drug-likeness (QED) is 0.390. The molecule has 0 unspecified atom stereocenters. The first-order valence-corrected chi connectivity index (χ1v) is 4.80. The summed E-state index contributed by atoms with van der Waals surface area (Å²) in [6.45, 7) is 0.592. The maximum absolute atomic E-state index is 10.4. The number of nitrogens with one attached hydrogen (secondary N) is 1. The summed E-state index contributed by atoms with van der Waals surface area (Å²) in [5.41, 5.74) is 4.80. The topological polar surface area (TPSA) is 120 Å². The number of nitro groups is 1. The molecular formula is C9H12N4O4. The summed E-state index contributed by atoms with van der Waals surface area (Å²) in [5.74, 6) is -0.0308.